The fraction of sp³-hybridized carbons (Fsp3) is 0.958. The van der Waals surface area contributed by atoms with Crippen LogP contribution in [0.2, 0.25) is 0 Å². The monoisotopic (exact) mass is 390 g/mol. The average molecular weight is 391 g/mol. The Labute approximate surface area is 169 Å². The molecule has 0 unspecified atom stereocenters. The molecular weight excluding hydrogens is 352 g/mol. The van der Waals surface area contributed by atoms with E-state index < -0.39 is 11.4 Å². The van der Waals surface area contributed by atoms with Gasteiger partial charge in [0, 0.05) is 5.41 Å². The lowest BCUT2D eigenvalue weighted by molar-refractivity contribution is -0.219. The minimum Gasteiger partial charge on any atom is -0.393 e. The number of aliphatic hydroxyl groups excluding tert-OH is 1. The Hall–Kier alpha value is -0.450. The van der Waals surface area contributed by atoms with Gasteiger partial charge < -0.3 is 14.6 Å². The van der Waals surface area contributed by atoms with Gasteiger partial charge in [0.05, 0.1) is 12.2 Å². The molecular formula is C24H38O4. The number of aliphatic hydroxyl groups is 1. The Kier molecular flexibility index (Phi) is 4.06. The van der Waals surface area contributed by atoms with Crippen molar-refractivity contribution in [1.29, 1.82) is 0 Å². The first-order valence-corrected chi connectivity index (χ1v) is 11.6. The van der Waals surface area contributed by atoms with E-state index in [4.69, 9.17) is 9.47 Å². The van der Waals surface area contributed by atoms with Crippen LogP contribution in [0.15, 0.2) is 0 Å². The summed E-state index contributed by atoms with van der Waals surface area (Å²) in [6, 6.07) is 0. The molecule has 0 radical (unpaired) electrons. The number of Topliss-reactive ketones (excluding diaryl/α,β-unsaturated/α-hetero) is 1. The molecule has 0 aromatic carbocycles. The lowest BCUT2D eigenvalue weighted by Crippen LogP contribution is -2.60. The van der Waals surface area contributed by atoms with E-state index in [0.717, 1.165) is 32.1 Å². The highest BCUT2D eigenvalue weighted by Crippen LogP contribution is 2.71. The van der Waals surface area contributed by atoms with Gasteiger partial charge in [0.2, 0.25) is 0 Å². The van der Waals surface area contributed by atoms with Crippen LogP contribution in [0, 0.1) is 34.5 Å². The van der Waals surface area contributed by atoms with Crippen molar-refractivity contribution in [3.05, 3.63) is 0 Å². The van der Waals surface area contributed by atoms with Gasteiger partial charge in [0.15, 0.2) is 17.2 Å². The summed E-state index contributed by atoms with van der Waals surface area (Å²) in [5, 5.41) is 10.2. The van der Waals surface area contributed by atoms with Gasteiger partial charge >= 0.3 is 0 Å². The van der Waals surface area contributed by atoms with Crippen molar-refractivity contribution in [3.63, 3.8) is 0 Å². The number of ketones is 1. The van der Waals surface area contributed by atoms with E-state index in [0.29, 0.717) is 29.1 Å². The molecule has 0 bridgehead atoms. The average Bonchev–Trinajstić information content (AvgIpc) is 3.02. The van der Waals surface area contributed by atoms with Gasteiger partial charge in [-0.25, -0.2) is 0 Å². The van der Waals surface area contributed by atoms with E-state index >= 15 is 0 Å². The molecule has 4 saturated carbocycles. The van der Waals surface area contributed by atoms with E-state index in [-0.39, 0.29) is 23.4 Å². The molecule has 0 amide bonds. The fourth-order valence-electron chi connectivity index (χ4n) is 8.98. The van der Waals surface area contributed by atoms with E-state index in [9.17, 15) is 9.90 Å². The van der Waals surface area contributed by atoms with Gasteiger partial charge in [-0.3, -0.25) is 4.79 Å². The van der Waals surface area contributed by atoms with Crippen molar-refractivity contribution in [3.8, 4) is 0 Å². The van der Waals surface area contributed by atoms with E-state index in [1.165, 1.54) is 19.3 Å². The Morgan fingerprint density at radius 3 is 2.43 bits per heavy atom. The van der Waals surface area contributed by atoms with Crippen LogP contribution in [0.4, 0.5) is 0 Å². The van der Waals surface area contributed by atoms with Crippen molar-refractivity contribution < 1.29 is 19.4 Å². The third-order valence-corrected chi connectivity index (χ3v) is 10.2. The number of fused-ring (bicyclic) bond motifs is 7. The fourth-order valence-corrected chi connectivity index (χ4v) is 8.98. The normalized spacial score (nSPS) is 57.1. The zero-order valence-electron chi connectivity index (χ0n) is 18.3. The number of hydrogen-bond donors (Lipinski definition) is 1. The van der Waals surface area contributed by atoms with Crippen molar-refractivity contribution in [2.24, 2.45) is 34.5 Å². The summed E-state index contributed by atoms with van der Waals surface area (Å²) in [4.78, 5) is 13.1. The molecule has 28 heavy (non-hydrogen) atoms. The topological polar surface area (TPSA) is 55.8 Å². The first-order chi connectivity index (χ1) is 13.0. The van der Waals surface area contributed by atoms with Crippen LogP contribution in [-0.2, 0) is 14.3 Å². The zero-order valence-corrected chi connectivity index (χ0v) is 18.3. The number of hydrogen-bond acceptors (Lipinski definition) is 4. The Bertz CT molecular complexity index is 688. The van der Waals surface area contributed by atoms with Crippen molar-refractivity contribution >= 4 is 5.78 Å². The molecule has 4 nitrogen and oxygen atoms in total. The molecule has 4 aliphatic carbocycles. The Morgan fingerprint density at radius 1 is 0.964 bits per heavy atom. The predicted octanol–water partition coefficient (Wildman–Crippen LogP) is 4.48. The van der Waals surface area contributed by atoms with Gasteiger partial charge in [-0.1, -0.05) is 13.8 Å². The molecule has 5 fully saturated rings. The molecule has 1 heterocycles. The van der Waals surface area contributed by atoms with Gasteiger partial charge in [-0.2, -0.15) is 0 Å². The van der Waals surface area contributed by atoms with Crippen LogP contribution in [0.3, 0.4) is 0 Å². The molecule has 5 aliphatic rings. The van der Waals surface area contributed by atoms with Crippen LogP contribution in [0.1, 0.15) is 86.0 Å². The highest BCUT2D eigenvalue weighted by Gasteiger charge is 2.75. The minimum atomic E-state index is -0.771. The Balaban J connectivity index is 1.50. The van der Waals surface area contributed by atoms with Crippen LogP contribution in [0.5, 0.6) is 0 Å². The maximum atomic E-state index is 13.1. The summed E-state index contributed by atoms with van der Waals surface area (Å²) in [6.07, 6.45) is 8.57. The summed E-state index contributed by atoms with van der Waals surface area (Å²) in [5.41, 5.74) is -0.548. The highest BCUT2D eigenvalue weighted by atomic mass is 16.8. The molecule has 0 aromatic rings. The lowest BCUT2D eigenvalue weighted by atomic mass is 9.44. The van der Waals surface area contributed by atoms with Crippen LogP contribution >= 0.6 is 0 Å². The molecule has 4 heteroatoms. The molecule has 1 N–H and O–H groups in total. The largest absolute Gasteiger partial charge is 0.393 e. The van der Waals surface area contributed by atoms with Gasteiger partial charge in [0.1, 0.15) is 0 Å². The third kappa shape index (κ3) is 2.26. The van der Waals surface area contributed by atoms with Gasteiger partial charge in [-0.05, 0) is 101 Å². The maximum absolute atomic E-state index is 13.1. The highest BCUT2D eigenvalue weighted by molar-refractivity contribution is 5.88. The number of carbonyl (C=O) groups excluding carboxylic acids is 1. The second kappa shape index (κ2) is 5.82. The number of rotatable bonds is 1. The summed E-state index contributed by atoms with van der Waals surface area (Å²) in [6.45, 7) is 10.5. The number of ether oxygens (including phenoxy) is 2. The molecule has 1 aliphatic heterocycles. The third-order valence-electron chi connectivity index (χ3n) is 10.2. The molecule has 1 saturated heterocycles. The first kappa shape index (κ1) is 19.5. The molecule has 0 aromatic heterocycles. The minimum absolute atomic E-state index is 0.0978. The SMILES string of the molecule is CC(=O)[C@]12OC(C)(C)O[C@H]1C[C@H]1[C@@H]3CC[C@H]4C[C@@H](O)CC[C@]4(C)[C@H]3CC[C@@]12C. The summed E-state index contributed by atoms with van der Waals surface area (Å²) < 4.78 is 12.9. The summed E-state index contributed by atoms with van der Waals surface area (Å²) >= 11 is 0. The standard InChI is InChI=1S/C24H38O4/c1-14(25)24-20(27-21(2,3)28-24)13-19-17-7-6-15-12-16(26)8-10-22(15,4)18(17)9-11-23(19,24)5/h15-20,26H,6-13H2,1-5H3/t15-,16-,17+,18-,19-,20-,22-,23-,24-/m0/s1. The van der Waals surface area contributed by atoms with E-state index in [1.54, 1.807) is 6.92 Å². The van der Waals surface area contributed by atoms with Crippen LogP contribution in [0.25, 0.3) is 0 Å². The van der Waals surface area contributed by atoms with Crippen molar-refractivity contribution in [2.45, 2.75) is 110 Å². The Morgan fingerprint density at radius 2 is 1.71 bits per heavy atom. The summed E-state index contributed by atoms with van der Waals surface area (Å²) in [5.74, 6) is 2.02. The predicted molar refractivity (Wildman–Crippen MR) is 107 cm³/mol. The van der Waals surface area contributed by atoms with Gasteiger partial charge in [0.25, 0.3) is 0 Å². The second-order valence-electron chi connectivity index (χ2n) is 11.7. The van der Waals surface area contributed by atoms with Gasteiger partial charge in [-0.15, -0.1) is 0 Å². The van der Waals surface area contributed by atoms with Crippen LogP contribution in [-0.4, -0.2) is 34.5 Å². The maximum Gasteiger partial charge on any atom is 0.164 e. The zero-order chi connectivity index (χ0) is 20.1. The number of carbonyl (C=O) groups is 1. The molecule has 158 valence electrons. The first-order valence-electron chi connectivity index (χ1n) is 11.6. The lowest BCUT2D eigenvalue weighted by Gasteiger charge is -2.61. The van der Waals surface area contributed by atoms with Crippen LogP contribution < -0.4 is 0 Å². The second-order valence-corrected chi connectivity index (χ2v) is 11.7. The van der Waals surface area contributed by atoms with E-state index in [1.807, 2.05) is 13.8 Å². The quantitative estimate of drug-likeness (QED) is 0.717. The van der Waals surface area contributed by atoms with Crippen molar-refractivity contribution in [1.82, 2.24) is 0 Å². The molecule has 5 rings (SSSR count). The smallest absolute Gasteiger partial charge is 0.164 e. The van der Waals surface area contributed by atoms with Crippen molar-refractivity contribution in [2.75, 3.05) is 0 Å². The van der Waals surface area contributed by atoms with E-state index in [2.05, 4.69) is 13.8 Å². The molecule has 0 spiro atoms. The summed E-state index contributed by atoms with van der Waals surface area (Å²) in [7, 11) is 0. The molecule has 9 atom stereocenters.